The third kappa shape index (κ3) is 1.87. The zero-order valence-electron chi connectivity index (χ0n) is 6.45. The van der Waals surface area contributed by atoms with Gasteiger partial charge >= 0.3 is 0 Å². The SMILES string of the molecule is S=c1nc(C(Cl)(Cl)Cl)n2ccsc2n1. The van der Waals surface area contributed by atoms with Crippen LogP contribution in [0.25, 0.3) is 4.96 Å². The van der Waals surface area contributed by atoms with E-state index < -0.39 is 3.79 Å². The molecule has 0 aliphatic rings. The lowest BCUT2D eigenvalue weighted by Gasteiger charge is -2.10. The van der Waals surface area contributed by atoms with Crippen LogP contribution in [0, 0.1) is 4.77 Å². The lowest BCUT2D eigenvalue weighted by Crippen LogP contribution is -2.11. The molecule has 2 rings (SSSR count). The van der Waals surface area contributed by atoms with Crippen LogP contribution in [0.1, 0.15) is 5.82 Å². The average Bonchev–Trinajstić information content (AvgIpc) is 2.47. The van der Waals surface area contributed by atoms with E-state index in [0.717, 1.165) is 0 Å². The quantitative estimate of drug-likeness (QED) is 0.549. The summed E-state index contributed by atoms with van der Waals surface area (Å²) in [7, 11) is 0. The summed E-state index contributed by atoms with van der Waals surface area (Å²) in [6.45, 7) is 0. The van der Waals surface area contributed by atoms with Gasteiger partial charge in [-0.25, -0.2) is 0 Å². The summed E-state index contributed by atoms with van der Waals surface area (Å²) in [6.07, 6.45) is 1.73. The minimum Gasteiger partial charge on any atom is -0.276 e. The number of thiazole rings is 1. The summed E-state index contributed by atoms with van der Waals surface area (Å²) in [5.74, 6) is 0.263. The fraction of sp³-hybridized carbons (Fsp3) is 0.167. The molecule has 0 N–H and O–H groups in total. The Balaban J connectivity index is 2.87. The zero-order valence-corrected chi connectivity index (χ0v) is 10.3. The molecule has 3 nitrogen and oxygen atoms in total. The van der Waals surface area contributed by atoms with Gasteiger partial charge in [0.1, 0.15) is 0 Å². The van der Waals surface area contributed by atoms with Crippen molar-refractivity contribution in [1.29, 1.82) is 0 Å². The maximum atomic E-state index is 5.74. The highest BCUT2D eigenvalue weighted by Gasteiger charge is 2.28. The first-order valence-electron chi connectivity index (χ1n) is 3.39. The van der Waals surface area contributed by atoms with Crippen LogP contribution in [-0.2, 0) is 3.79 Å². The van der Waals surface area contributed by atoms with Gasteiger partial charge in [0.2, 0.25) is 8.56 Å². The molecule has 8 heteroatoms. The van der Waals surface area contributed by atoms with Gasteiger partial charge in [-0.2, -0.15) is 9.97 Å². The molecular formula is C6H2Cl3N3S2. The molecule has 0 atom stereocenters. The summed E-state index contributed by atoms with van der Waals surface area (Å²) >= 11 is 23.5. The third-order valence-corrected chi connectivity index (χ3v) is 2.91. The lowest BCUT2D eigenvalue weighted by molar-refractivity contribution is 0.882. The molecule has 0 unspecified atom stereocenters. The molecule has 0 radical (unpaired) electrons. The number of halogens is 3. The minimum atomic E-state index is -1.60. The van der Waals surface area contributed by atoms with E-state index in [1.54, 1.807) is 10.6 Å². The molecule has 2 aromatic heterocycles. The van der Waals surface area contributed by atoms with Crippen molar-refractivity contribution in [2.24, 2.45) is 0 Å². The van der Waals surface area contributed by atoms with Gasteiger partial charge in [-0.15, -0.1) is 11.3 Å². The van der Waals surface area contributed by atoms with E-state index >= 15 is 0 Å². The molecule has 0 aliphatic carbocycles. The Hall–Kier alpha value is 0.0600. The van der Waals surface area contributed by atoms with E-state index in [4.69, 9.17) is 47.0 Å². The van der Waals surface area contributed by atoms with Crippen LogP contribution in [0.5, 0.6) is 0 Å². The Morgan fingerprint density at radius 2 is 2.07 bits per heavy atom. The van der Waals surface area contributed by atoms with E-state index in [9.17, 15) is 0 Å². The second-order valence-corrected chi connectivity index (χ2v) is 5.90. The van der Waals surface area contributed by atoms with Gasteiger partial charge in [-0.3, -0.25) is 4.40 Å². The van der Waals surface area contributed by atoms with Gasteiger partial charge in [0.25, 0.3) is 0 Å². The van der Waals surface area contributed by atoms with Crippen molar-refractivity contribution < 1.29 is 0 Å². The molecule has 0 fully saturated rings. The first-order chi connectivity index (χ1) is 6.48. The van der Waals surface area contributed by atoms with Crippen molar-refractivity contribution >= 4 is 63.3 Å². The highest BCUT2D eigenvalue weighted by atomic mass is 35.6. The Labute approximate surface area is 103 Å². The van der Waals surface area contributed by atoms with Crippen LogP contribution in [0.15, 0.2) is 11.6 Å². The van der Waals surface area contributed by atoms with Crippen LogP contribution in [0.2, 0.25) is 0 Å². The highest BCUT2D eigenvalue weighted by Crippen LogP contribution is 2.37. The largest absolute Gasteiger partial charge is 0.276 e. The molecule has 0 bridgehead atoms. The zero-order chi connectivity index (χ0) is 10.3. The Morgan fingerprint density at radius 3 is 2.71 bits per heavy atom. The normalized spacial score (nSPS) is 12.2. The van der Waals surface area contributed by atoms with E-state index in [2.05, 4.69) is 9.97 Å². The predicted octanol–water partition coefficient (Wildman–Crippen LogP) is 3.35. The molecule has 0 saturated carbocycles. The second kappa shape index (κ2) is 3.57. The Kier molecular flexibility index (Phi) is 2.70. The number of aromatic nitrogens is 3. The third-order valence-electron chi connectivity index (χ3n) is 1.46. The number of nitrogens with zero attached hydrogens (tertiary/aromatic N) is 3. The first kappa shape index (κ1) is 10.6. The number of fused-ring (bicyclic) bond motifs is 1. The fourth-order valence-corrected chi connectivity index (χ4v) is 2.30. The molecule has 0 amide bonds. The Bertz CT molecular complexity index is 527. The second-order valence-electron chi connectivity index (χ2n) is 2.38. The van der Waals surface area contributed by atoms with Crippen molar-refractivity contribution in [3.63, 3.8) is 0 Å². The van der Waals surface area contributed by atoms with Crippen LogP contribution in [0.4, 0.5) is 0 Å². The Morgan fingerprint density at radius 1 is 1.36 bits per heavy atom. The molecule has 0 aromatic carbocycles. The number of alkyl halides is 3. The minimum absolute atomic E-state index is 0.175. The highest BCUT2D eigenvalue weighted by molar-refractivity contribution is 7.71. The van der Waals surface area contributed by atoms with Crippen LogP contribution >= 0.6 is 58.4 Å². The molecule has 0 spiro atoms. The molecule has 0 aliphatic heterocycles. The van der Waals surface area contributed by atoms with Crippen molar-refractivity contribution in [3.8, 4) is 0 Å². The molecule has 2 aromatic rings. The first-order valence-corrected chi connectivity index (χ1v) is 5.82. The van der Waals surface area contributed by atoms with Crippen molar-refractivity contribution in [3.05, 3.63) is 22.2 Å². The summed E-state index contributed by atoms with van der Waals surface area (Å²) < 4.78 is 0.183. The lowest BCUT2D eigenvalue weighted by atomic mass is 10.6. The topological polar surface area (TPSA) is 30.2 Å². The maximum Gasteiger partial charge on any atom is 0.248 e. The van der Waals surface area contributed by atoms with Crippen LogP contribution < -0.4 is 0 Å². The van der Waals surface area contributed by atoms with E-state index in [1.807, 2.05) is 5.38 Å². The maximum absolute atomic E-state index is 5.74. The predicted molar refractivity (Wildman–Crippen MR) is 60.9 cm³/mol. The summed E-state index contributed by atoms with van der Waals surface area (Å²) in [4.78, 5) is 8.60. The van der Waals surface area contributed by atoms with Crippen molar-refractivity contribution in [1.82, 2.24) is 14.4 Å². The van der Waals surface area contributed by atoms with Crippen LogP contribution in [-0.4, -0.2) is 14.4 Å². The number of hydrogen-bond donors (Lipinski definition) is 0. The fourth-order valence-electron chi connectivity index (χ4n) is 0.965. The van der Waals surface area contributed by atoms with Crippen LogP contribution in [0.3, 0.4) is 0 Å². The van der Waals surface area contributed by atoms with Gasteiger partial charge in [0, 0.05) is 11.6 Å². The monoisotopic (exact) mass is 285 g/mol. The molecule has 0 saturated heterocycles. The van der Waals surface area contributed by atoms with E-state index in [-0.39, 0.29) is 10.6 Å². The molecular weight excluding hydrogens is 285 g/mol. The summed E-state index contributed by atoms with van der Waals surface area (Å²) in [6, 6.07) is 0. The van der Waals surface area contributed by atoms with Crippen molar-refractivity contribution in [2.45, 2.75) is 3.79 Å². The average molecular weight is 287 g/mol. The van der Waals surface area contributed by atoms with E-state index in [0.29, 0.717) is 4.96 Å². The summed E-state index contributed by atoms with van der Waals surface area (Å²) in [5, 5.41) is 1.82. The molecule has 2 heterocycles. The van der Waals surface area contributed by atoms with E-state index in [1.165, 1.54) is 11.3 Å². The summed E-state index contributed by atoms with van der Waals surface area (Å²) in [5.41, 5.74) is 0. The van der Waals surface area contributed by atoms with Gasteiger partial charge in [-0.1, -0.05) is 34.8 Å². The van der Waals surface area contributed by atoms with Gasteiger partial charge in [-0.05, 0) is 12.2 Å². The number of rotatable bonds is 0. The van der Waals surface area contributed by atoms with Crippen molar-refractivity contribution in [2.75, 3.05) is 0 Å². The van der Waals surface area contributed by atoms with Gasteiger partial charge in [0.05, 0.1) is 0 Å². The van der Waals surface area contributed by atoms with Gasteiger partial charge in [0.15, 0.2) is 10.8 Å². The molecule has 74 valence electrons. The number of hydrogen-bond acceptors (Lipinski definition) is 4. The molecule has 14 heavy (non-hydrogen) atoms. The standard InChI is InChI=1S/C6H2Cl3N3S2/c7-6(8,9)3-10-4(13)11-5-12(3)1-2-14-5/h1-2H. The smallest absolute Gasteiger partial charge is 0.248 e. The van der Waals surface area contributed by atoms with Gasteiger partial charge < -0.3 is 0 Å².